The van der Waals surface area contributed by atoms with Crippen molar-refractivity contribution < 1.29 is 58.6 Å². The number of nitrogens with two attached hydrogens (primary N) is 2. The van der Waals surface area contributed by atoms with Crippen molar-refractivity contribution in [2.75, 3.05) is 50.7 Å². The summed E-state index contributed by atoms with van der Waals surface area (Å²) in [5.74, 6) is 9.67. The van der Waals surface area contributed by atoms with E-state index in [1.54, 1.807) is 72.2 Å². The van der Waals surface area contributed by atoms with Crippen LogP contribution < -0.4 is 31.6 Å². The van der Waals surface area contributed by atoms with E-state index in [1.807, 2.05) is 22.6 Å². The molecule has 0 spiro atoms. The Labute approximate surface area is 499 Å². The molecule has 0 bridgehead atoms. The first-order valence-electron chi connectivity index (χ1n) is 26.5. The SMILES string of the molecule is C#CCC1CCN(C(=O)Oc2ccccc2Cl)CC1.CCNC(=O)[C@H]1O[C@@H](n2cnc3c(N)nc(C#CCC4CCN(C(=O)Oc5ccccc5Cl)CC4)nc32)[C@@H](O)C1O.CCNC(=O)[C@H]1O[C@@H](n2cnc3c(N)nc(I)nc32)[C@@H](O)C1O. The molecule has 26 nitrogen and oxygen atoms in total. The smallest absolute Gasteiger partial charge is 0.409 e. The monoisotopic (exact) mass is 1290 g/mol. The first-order valence-corrected chi connectivity index (χ1v) is 28.3. The number of terminal acetylenes is 1. The summed E-state index contributed by atoms with van der Waals surface area (Å²) >= 11 is 13.9. The molecule has 4 fully saturated rings. The number of likely N-dealkylation sites (tertiary alicyclic amines) is 2. The molecule has 8 atom stereocenters. The number of nitrogen functional groups attached to an aromatic ring is 2. The second-order valence-electron chi connectivity index (χ2n) is 19.5. The summed E-state index contributed by atoms with van der Waals surface area (Å²) in [6.07, 6.45) is 1.94. The van der Waals surface area contributed by atoms with Crippen LogP contribution in [0.4, 0.5) is 21.2 Å². The Kier molecular flexibility index (Phi) is 21.2. The molecule has 4 aromatic heterocycles. The van der Waals surface area contributed by atoms with Crippen LogP contribution in [0.15, 0.2) is 61.2 Å². The van der Waals surface area contributed by atoms with E-state index >= 15 is 0 Å². The molecule has 0 aliphatic carbocycles. The fraction of sp³-hybridized carbons (Fsp3) is 0.444. The number of fused-ring (bicyclic) bond motifs is 2. The third-order valence-corrected chi connectivity index (χ3v) is 15.0. The zero-order valence-corrected chi connectivity index (χ0v) is 48.6. The molecule has 4 aliphatic rings. The number of aliphatic hydroxyl groups excluding tert-OH is 4. The number of para-hydroxylation sites is 2. The number of rotatable bonds is 10. The average molecular weight is 1300 g/mol. The highest BCUT2D eigenvalue weighted by Crippen LogP contribution is 2.35. The molecule has 440 valence electrons. The number of nitrogens with zero attached hydrogens (tertiary/aromatic N) is 10. The van der Waals surface area contributed by atoms with Crippen molar-refractivity contribution in [1.29, 1.82) is 0 Å². The number of aromatic nitrogens is 8. The van der Waals surface area contributed by atoms with Gasteiger partial charge >= 0.3 is 12.2 Å². The van der Waals surface area contributed by atoms with Crippen LogP contribution in [-0.2, 0) is 19.1 Å². The lowest BCUT2D eigenvalue weighted by Gasteiger charge is -2.30. The van der Waals surface area contributed by atoms with Crippen LogP contribution in [0.3, 0.4) is 0 Å². The Balaban J connectivity index is 0.000000180. The third-order valence-electron chi connectivity index (χ3n) is 13.9. The van der Waals surface area contributed by atoms with Crippen LogP contribution in [0.5, 0.6) is 11.5 Å². The molecule has 0 radical (unpaired) electrons. The van der Waals surface area contributed by atoms with Gasteiger partial charge in [-0.1, -0.05) is 53.4 Å². The zero-order chi connectivity index (χ0) is 59.5. The maximum absolute atomic E-state index is 12.5. The van der Waals surface area contributed by atoms with Gasteiger partial charge in [-0.15, -0.1) is 12.3 Å². The number of hydrogen-bond donors (Lipinski definition) is 8. The minimum Gasteiger partial charge on any atom is -0.409 e. The van der Waals surface area contributed by atoms with Crippen molar-refractivity contribution in [2.24, 2.45) is 11.8 Å². The van der Waals surface area contributed by atoms with E-state index in [-0.39, 0.29) is 40.6 Å². The number of amides is 4. The number of nitrogens with one attached hydrogen (secondary N) is 2. The number of aliphatic hydroxyl groups is 4. The van der Waals surface area contributed by atoms with E-state index in [2.05, 4.69) is 58.3 Å². The highest BCUT2D eigenvalue weighted by molar-refractivity contribution is 14.1. The van der Waals surface area contributed by atoms with E-state index in [1.165, 1.54) is 21.8 Å². The van der Waals surface area contributed by atoms with Gasteiger partial charge in [-0.2, -0.15) is 0 Å². The molecule has 4 amide bonds. The van der Waals surface area contributed by atoms with Gasteiger partial charge in [0.2, 0.25) is 5.82 Å². The summed E-state index contributed by atoms with van der Waals surface area (Å²) in [4.78, 5) is 77.2. The Morgan fingerprint density at radius 2 is 1.11 bits per heavy atom. The summed E-state index contributed by atoms with van der Waals surface area (Å²) < 4.78 is 25.2. The number of benzene rings is 2. The van der Waals surface area contributed by atoms with Crippen molar-refractivity contribution in [3.8, 4) is 35.7 Å². The predicted molar refractivity (Wildman–Crippen MR) is 310 cm³/mol. The quantitative estimate of drug-likeness (QED) is 0.0549. The number of imidazole rings is 2. The number of hydrogen-bond acceptors (Lipinski definition) is 20. The summed E-state index contributed by atoms with van der Waals surface area (Å²) in [6.45, 7) is 6.68. The van der Waals surface area contributed by atoms with Crippen LogP contribution in [0.2, 0.25) is 10.0 Å². The Morgan fingerprint density at radius 1 is 0.675 bits per heavy atom. The minimum absolute atomic E-state index is 0.0942. The van der Waals surface area contributed by atoms with E-state index in [4.69, 9.17) is 60.0 Å². The second-order valence-corrected chi connectivity index (χ2v) is 21.3. The molecule has 10 rings (SSSR count). The maximum Gasteiger partial charge on any atom is 0.415 e. The molecule has 4 saturated heterocycles. The summed E-state index contributed by atoms with van der Waals surface area (Å²) in [5, 5.41) is 47.2. The topological polar surface area (TPSA) is 356 Å². The van der Waals surface area contributed by atoms with Crippen molar-refractivity contribution in [2.45, 2.75) is 101 Å². The first kappa shape index (κ1) is 61.9. The van der Waals surface area contributed by atoms with Gasteiger partial charge in [0.1, 0.15) is 35.4 Å². The molecule has 0 saturated carbocycles. The van der Waals surface area contributed by atoms with Crippen LogP contribution in [-0.4, -0.2) is 169 Å². The van der Waals surface area contributed by atoms with Crippen molar-refractivity contribution in [3.05, 3.63) is 80.9 Å². The van der Waals surface area contributed by atoms with Gasteiger partial charge in [0.15, 0.2) is 62.9 Å². The van der Waals surface area contributed by atoms with E-state index in [9.17, 15) is 39.6 Å². The molecule has 10 N–H and O–H groups in total. The van der Waals surface area contributed by atoms with Gasteiger partial charge in [-0.3, -0.25) is 18.7 Å². The third kappa shape index (κ3) is 14.8. The highest BCUT2D eigenvalue weighted by atomic mass is 127. The van der Waals surface area contributed by atoms with Gasteiger partial charge in [0.05, 0.1) is 22.7 Å². The summed E-state index contributed by atoms with van der Waals surface area (Å²) in [7, 11) is 0. The number of piperidine rings is 2. The first-order chi connectivity index (χ1) is 39.9. The molecule has 29 heteroatoms. The Hall–Kier alpha value is -7.19. The molecular formula is C54H61Cl2IN14O12. The van der Waals surface area contributed by atoms with Crippen molar-refractivity contribution >= 4 is 104 Å². The van der Waals surface area contributed by atoms with Crippen LogP contribution in [0.1, 0.15) is 70.7 Å². The van der Waals surface area contributed by atoms with Gasteiger partial charge < -0.3 is 71.3 Å². The van der Waals surface area contributed by atoms with Gasteiger partial charge in [-0.05, 0) is 81.6 Å². The van der Waals surface area contributed by atoms with Crippen LogP contribution in [0, 0.1) is 39.9 Å². The zero-order valence-electron chi connectivity index (χ0n) is 44.9. The number of anilines is 2. The summed E-state index contributed by atoms with van der Waals surface area (Å²) in [6, 6.07) is 13.8. The predicted octanol–water partition coefficient (Wildman–Crippen LogP) is 3.81. The molecule has 4 aliphatic heterocycles. The summed E-state index contributed by atoms with van der Waals surface area (Å²) in [5.41, 5.74) is 13.1. The molecule has 2 aromatic carbocycles. The lowest BCUT2D eigenvalue weighted by molar-refractivity contribution is -0.138. The average Bonchev–Trinajstić information content (AvgIpc) is 4.27. The number of ether oxygens (including phenoxy) is 4. The fourth-order valence-electron chi connectivity index (χ4n) is 9.49. The maximum atomic E-state index is 12.5. The number of carbonyl (C=O) groups excluding carboxylic acids is 4. The van der Waals surface area contributed by atoms with E-state index in [0.717, 1.165) is 32.1 Å². The normalized spacial score (nSPS) is 22.5. The van der Waals surface area contributed by atoms with Gasteiger partial charge in [-0.25, -0.2) is 39.5 Å². The lowest BCUT2D eigenvalue weighted by atomic mass is 9.94. The van der Waals surface area contributed by atoms with Crippen LogP contribution >= 0.6 is 45.8 Å². The number of likely N-dealkylation sites (N-methyl/N-ethyl adjacent to an activating group) is 2. The van der Waals surface area contributed by atoms with E-state index in [0.29, 0.717) is 88.1 Å². The molecule has 83 heavy (non-hydrogen) atoms. The molecular weight excluding hydrogens is 1230 g/mol. The van der Waals surface area contributed by atoms with Gasteiger partial charge in [0.25, 0.3) is 11.8 Å². The van der Waals surface area contributed by atoms with Crippen LogP contribution in [0.25, 0.3) is 22.3 Å². The minimum atomic E-state index is -1.44. The van der Waals surface area contributed by atoms with E-state index < -0.39 is 67.0 Å². The standard InChI is InChI=1S/C27H30ClN7O6.C15H16ClNO2.C12H15IN6O4/c1-2-30-25(38)22-20(36)21(37)26(41-22)35-14-31-19-23(29)32-18(33-24(19)35)9-5-6-15-10-12-34(13-11-15)27(39)40-17-8-4-3-7-16(17)28;1-2-5-12-8-10-17(11-9-12)15(18)19-14-7-4-3-6-13(14)16;1-2-15-10(22)7-5(20)6(21)11(23-7)19-3-16-4-8(14)17-12(13)18-9(4)19/h3-4,7-8,14-15,20-22,26,36-37H,2,6,10-13H2,1H3,(H,30,38)(H2,29,32,33);1,3-4,6-7,12H,5,8-11H2;3,5-7,11,20-21H,2H2,1H3,(H,15,22)(H2,14,17,18)/t20?,21-,22-,26+;;5?,6-,7-,11+/m0.0/s1. The Morgan fingerprint density at radius 3 is 1.55 bits per heavy atom. The van der Waals surface area contributed by atoms with Gasteiger partial charge in [0, 0.05) is 74.7 Å². The molecule has 8 heterocycles. The lowest BCUT2D eigenvalue weighted by Crippen LogP contribution is -2.42. The second kappa shape index (κ2) is 28.4. The Bertz CT molecular complexity index is 3400. The molecule has 2 unspecified atom stereocenters. The van der Waals surface area contributed by atoms with Crippen molar-refractivity contribution in [3.63, 3.8) is 0 Å². The fourth-order valence-corrected chi connectivity index (χ4v) is 10.3. The highest BCUT2D eigenvalue weighted by Gasteiger charge is 2.49. The number of halogens is 3. The van der Waals surface area contributed by atoms with Crippen molar-refractivity contribution in [1.82, 2.24) is 59.5 Å². The molecule has 6 aromatic rings. The number of carbonyl (C=O) groups is 4. The largest absolute Gasteiger partial charge is 0.415 e.